The van der Waals surface area contributed by atoms with Crippen LogP contribution in [-0.4, -0.2) is 54.6 Å². The maximum absolute atomic E-state index is 13.2. The summed E-state index contributed by atoms with van der Waals surface area (Å²) in [6.07, 6.45) is 5.12. The van der Waals surface area contributed by atoms with E-state index in [9.17, 15) is 4.79 Å². The lowest BCUT2D eigenvalue weighted by atomic mass is 9.85. The third-order valence-electron chi connectivity index (χ3n) is 6.49. The zero-order valence-electron chi connectivity index (χ0n) is 17.8. The Kier molecular flexibility index (Phi) is 4.67. The molecule has 2 aromatic heterocycles. The standard InChI is InChI=1S/C23H28N4O3/c1-23(2)17-12-18-16(11-19(17)27(22(23)28)7-8-30-10-9-29-3)15-6-4-5-14-13-24-26-20(14)21(15)25-18/h11-13,25H,4-10H2,1-3H3,(H,24,26). The number of aromatic nitrogens is 3. The normalized spacial score (nSPS) is 17.2. The van der Waals surface area contributed by atoms with Crippen molar-refractivity contribution in [2.75, 3.05) is 38.4 Å². The second kappa shape index (κ2) is 7.25. The van der Waals surface area contributed by atoms with Crippen LogP contribution in [0, 0.1) is 0 Å². The number of hydrogen-bond donors (Lipinski definition) is 2. The van der Waals surface area contributed by atoms with Crippen molar-refractivity contribution in [1.82, 2.24) is 15.2 Å². The molecule has 7 heteroatoms. The summed E-state index contributed by atoms with van der Waals surface area (Å²) < 4.78 is 10.7. The number of benzene rings is 1. The van der Waals surface area contributed by atoms with Gasteiger partial charge in [-0.25, -0.2) is 0 Å². The van der Waals surface area contributed by atoms with Crippen LogP contribution in [0.1, 0.15) is 37.0 Å². The maximum atomic E-state index is 13.2. The minimum absolute atomic E-state index is 0.126. The Balaban J connectivity index is 1.56. The predicted octanol–water partition coefficient (Wildman–Crippen LogP) is 3.33. The van der Waals surface area contributed by atoms with Gasteiger partial charge in [0.25, 0.3) is 0 Å². The molecule has 2 N–H and O–H groups in total. The third kappa shape index (κ3) is 2.87. The van der Waals surface area contributed by atoms with Gasteiger partial charge >= 0.3 is 0 Å². The second-order valence-corrected chi connectivity index (χ2v) is 8.69. The highest BCUT2D eigenvalue weighted by Crippen LogP contribution is 2.45. The Morgan fingerprint density at radius 3 is 2.90 bits per heavy atom. The number of ether oxygens (including phenoxy) is 2. The van der Waals surface area contributed by atoms with E-state index < -0.39 is 5.41 Å². The minimum atomic E-state index is -0.559. The fourth-order valence-electron chi connectivity index (χ4n) is 4.83. The molecule has 1 aliphatic carbocycles. The molecule has 3 aromatic rings. The maximum Gasteiger partial charge on any atom is 0.237 e. The first kappa shape index (κ1) is 19.3. The average molecular weight is 409 g/mol. The van der Waals surface area contributed by atoms with E-state index in [1.165, 1.54) is 16.5 Å². The van der Waals surface area contributed by atoms with E-state index in [0.717, 1.165) is 47.4 Å². The summed E-state index contributed by atoms with van der Waals surface area (Å²) in [6, 6.07) is 4.36. The van der Waals surface area contributed by atoms with Crippen LogP contribution in [0.2, 0.25) is 0 Å². The van der Waals surface area contributed by atoms with Crippen LogP contribution in [0.5, 0.6) is 0 Å². The summed E-state index contributed by atoms with van der Waals surface area (Å²) >= 11 is 0. The molecule has 0 atom stereocenters. The van der Waals surface area contributed by atoms with Crippen molar-refractivity contribution in [3.05, 3.63) is 35.0 Å². The van der Waals surface area contributed by atoms with Gasteiger partial charge in [0.1, 0.15) is 5.69 Å². The Labute approximate surface area is 175 Å². The van der Waals surface area contributed by atoms with Crippen molar-refractivity contribution in [3.63, 3.8) is 0 Å². The van der Waals surface area contributed by atoms with Crippen LogP contribution in [0.3, 0.4) is 0 Å². The molecule has 2 aliphatic rings. The van der Waals surface area contributed by atoms with E-state index in [2.05, 4.69) is 27.3 Å². The van der Waals surface area contributed by atoms with Crippen molar-refractivity contribution in [3.8, 4) is 11.4 Å². The SMILES string of the molecule is COCCOCCN1C(=O)C(C)(C)c2cc3[nH]c4c(c3cc21)CCCc1c[nH]nc1-4. The second-order valence-electron chi connectivity index (χ2n) is 8.69. The summed E-state index contributed by atoms with van der Waals surface area (Å²) in [5.74, 6) is 0.126. The molecular formula is C23H28N4O3. The number of fused-ring (bicyclic) bond motifs is 6. The molecule has 158 valence electrons. The van der Waals surface area contributed by atoms with E-state index >= 15 is 0 Å². The first-order valence-electron chi connectivity index (χ1n) is 10.6. The largest absolute Gasteiger partial charge is 0.382 e. The molecular weight excluding hydrogens is 380 g/mol. The van der Waals surface area contributed by atoms with Gasteiger partial charge in [0.2, 0.25) is 5.91 Å². The number of rotatable bonds is 6. The highest BCUT2D eigenvalue weighted by atomic mass is 16.5. The number of hydrogen-bond acceptors (Lipinski definition) is 4. The molecule has 3 heterocycles. The highest BCUT2D eigenvalue weighted by molar-refractivity contribution is 6.10. The predicted molar refractivity (Wildman–Crippen MR) is 116 cm³/mol. The fourth-order valence-corrected chi connectivity index (χ4v) is 4.83. The molecule has 0 spiro atoms. The molecule has 1 aliphatic heterocycles. The third-order valence-corrected chi connectivity index (χ3v) is 6.49. The van der Waals surface area contributed by atoms with Gasteiger partial charge in [0, 0.05) is 36.4 Å². The van der Waals surface area contributed by atoms with E-state index in [1.54, 1.807) is 7.11 Å². The summed E-state index contributed by atoms with van der Waals surface area (Å²) in [5, 5.41) is 8.71. The lowest BCUT2D eigenvalue weighted by Gasteiger charge is -2.20. The quantitative estimate of drug-likeness (QED) is 0.613. The zero-order chi connectivity index (χ0) is 20.9. The zero-order valence-corrected chi connectivity index (χ0v) is 17.8. The molecule has 1 amide bonds. The van der Waals surface area contributed by atoms with Crippen LogP contribution in [0.25, 0.3) is 22.3 Å². The van der Waals surface area contributed by atoms with Crippen molar-refractivity contribution < 1.29 is 14.3 Å². The number of anilines is 1. The van der Waals surface area contributed by atoms with E-state index in [-0.39, 0.29) is 5.91 Å². The van der Waals surface area contributed by atoms with Crippen molar-refractivity contribution >= 4 is 22.5 Å². The Hall–Kier alpha value is -2.64. The summed E-state index contributed by atoms with van der Waals surface area (Å²) in [6.45, 7) is 6.13. The summed E-state index contributed by atoms with van der Waals surface area (Å²) in [7, 11) is 1.66. The van der Waals surface area contributed by atoms with Gasteiger partial charge in [-0.15, -0.1) is 0 Å². The lowest BCUT2D eigenvalue weighted by Crippen LogP contribution is -2.38. The molecule has 0 fully saturated rings. The first-order chi connectivity index (χ1) is 14.5. The Morgan fingerprint density at radius 1 is 1.20 bits per heavy atom. The van der Waals surface area contributed by atoms with Gasteiger partial charge in [0.15, 0.2) is 0 Å². The number of aromatic amines is 2. The Bertz CT molecular complexity index is 1110. The monoisotopic (exact) mass is 408 g/mol. The van der Waals surface area contributed by atoms with Crippen molar-refractivity contribution in [1.29, 1.82) is 0 Å². The number of aryl methyl sites for hydroxylation is 2. The highest BCUT2D eigenvalue weighted by Gasteiger charge is 2.44. The van der Waals surface area contributed by atoms with Crippen molar-refractivity contribution in [2.24, 2.45) is 0 Å². The lowest BCUT2D eigenvalue weighted by molar-refractivity contribution is -0.122. The number of nitrogens with one attached hydrogen (secondary N) is 2. The van der Waals surface area contributed by atoms with E-state index in [1.807, 2.05) is 24.9 Å². The van der Waals surface area contributed by atoms with Gasteiger partial charge in [-0.05, 0) is 61.9 Å². The number of methoxy groups -OCH3 is 1. The number of H-pyrrole nitrogens is 2. The van der Waals surface area contributed by atoms with E-state index in [4.69, 9.17) is 9.47 Å². The van der Waals surface area contributed by atoms with Gasteiger partial charge in [-0.2, -0.15) is 5.10 Å². The molecule has 0 bridgehead atoms. The first-order valence-corrected chi connectivity index (χ1v) is 10.6. The number of carbonyl (C=O) groups excluding carboxylic acids is 1. The molecule has 0 unspecified atom stereocenters. The number of nitrogens with zero attached hydrogens (tertiary/aromatic N) is 2. The van der Waals surface area contributed by atoms with Gasteiger partial charge in [-0.1, -0.05) is 0 Å². The van der Waals surface area contributed by atoms with Crippen LogP contribution < -0.4 is 4.90 Å². The smallest absolute Gasteiger partial charge is 0.237 e. The average Bonchev–Trinajstić information content (AvgIpc) is 3.34. The van der Waals surface area contributed by atoms with E-state index in [0.29, 0.717) is 26.4 Å². The molecule has 30 heavy (non-hydrogen) atoms. The fraction of sp³-hybridized carbons (Fsp3) is 0.478. The summed E-state index contributed by atoms with van der Waals surface area (Å²) in [5.41, 5.74) is 7.28. The van der Waals surface area contributed by atoms with Crippen LogP contribution in [-0.2, 0) is 32.5 Å². The molecule has 0 saturated heterocycles. The van der Waals surface area contributed by atoms with Gasteiger partial charge < -0.3 is 19.4 Å². The molecule has 0 radical (unpaired) electrons. The number of carbonyl (C=O) groups is 1. The summed E-state index contributed by atoms with van der Waals surface area (Å²) in [4.78, 5) is 18.7. The topological polar surface area (TPSA) is 83.2 Å². The van der Waals surface area contributed by atoms with Crippen LogP contribution in [0.4, 0.5) is 5.69 Å². The van der Waals surface area contributed by atoms with Crippen LogP contribution >= 0.6 is 0 Å². The van der Waals surface area contributed by atoms with Crippen LogP contribution in [0.15, 0.2) is 18.3 Å². The number of amides is 1. The van der Waals surface area contributed by atoms with Crippen molar-refractivity contribution in [2.45, 2.75) is 38.5 Å². The molecule has 1 aromatic carbocycles. The Morgan fingerprint density at radius 2 is 2.07 bits per heavy atom. The van der Waals surface area contributed by atoms with Gasteiger partial charge in [-0.3, -0.25) is 9.89 Å². The molecule has 0 saturated carbocycles. The minimum Gasteiger partial charge on any atom is -0.382 e. The molecule has 7 nitrogen and oxygen atoms in total. The van der Waals surface area contributed by atoms with Gasteiger partial charge in [0.05, 0.1) is 30.9 Å². The molecule has 5 rings (SSSR count).